The summed E-state index contributed by atoms with van der Waals surface area (Å²) in [5, 5.41) is 6.61. The second-order valence-corrected chi connectivity index (χ2v) is 5.45. The second kappa shape index (κ2) is 7.23. The van der Waals surface area contributed by atoms with Gasteiger partial charge in [-0.3, -0.25) is 0 Å². The van der Waals surface area contributed by atoms with Crippen LogP contribution in [-0.4, -0.2) is 47.3 Å². The van der Waals surface area contributed by atoms with Gasteiger partial charge in [0.15, 0.2) is 0 Å². The fraction of sp³-hybridized carbons (Fsp3) is 0.438. The Hall–Kier alpha value is -2.41. The number of aromatic nitrogens is 2. The van der Waals surface area contributed by atoms with Gasteiger partial charge in [-0.05, 0) is 12.8 Å². The Morgan fingerprint density at radius 2 is 2.26 bits per heavy atom. The molecule has 0 spiro atoms. The van der Waals surface area contributed by atoms with Gasteiger partial charge in [-0.15, -0.1) is 0 Å². The predicted molar refractivity (Wildman–Crippen MR) is 83.6 cm³/mol. The first-order valence-electron chi connectivity index (χ1n) is 7.72. The molecule has 2 aromatic rings. The van der Waals surface area contributed by atoms with Crippen molar-refractivity contribution < 1.29 is 14.1 Å². The highest BCUT2D eigenvalue weighted by Crippen LogP contribution is 2.17. The molecule has 1 fully saturated rings. The van der Waals surface area contributed by atoms with Gasteiger partial charge in [0.2, 0.25) is 5.82 Å². The molecule has 1 aromatic heterocycles. The summed E-state index contributed by atoms with van der Waals surface area (Å²) in [5.41, 5.74) is 0.908. The van der Waals surface area contributed by atoms with E-state index >= 15 is 0 Å². The molecule has 1 saturated heterocycles. The minimum atomic E-state index is -0.0672. The molecule has 0 saturated carbocycles. The predicted octanol–water partition coefficient (Wildman–Crippen LogP) is 2.06. The zero-order chi connectivity index (χ0) is 16.1. The first-order valence-corrected chi connectivity index (χ1v) is 7.72. The summed E-state index contributed by atoms with van der Waals surface area (Å²) in [6.45, 7) is 1.60. The Bertz CT molecular complexity index is 644. The lowest BCUT2D eigenvalue weighted by Crippen LogP contribution is -2.46. The van der Waals surface area contributed by atoms with Crippen molar-refractivity contribution in [2.24, 2.45) is 0 Å². The van der Waals surface area contributed by atoms with E-state index in [1.165, 1.54) is 0 Å². The van der Waals surface area contributed by atoms with Crippen LogP contribution in [-0.2, 0) is 11.3 Å². The van der Waals surface area contributed by atoms with Gasteiger partial charge in [0.25, 0.3) is 5.89 Å². The van der Waals surface area contributed by atoms with E-state index in [0.717, 1.165) is 24.9 Å². The maximum absolute atomic E-state index is 11.7. The Morgan fingerprint density at radius 1 is 1.43 bits per heavy atom. The van der Waals surface area contributed by atoms with Gasteiger partial charge >= 0.3 is 6.03 Å². The fourth-order valence-electron chi connectivity index (χ4n) is 2.62. The molecule has 0 radical (unpaired) electrons. The summed E-state index contributed by atoms with van der Waals surface area (Å²) >= 11 is 0. The van der Waals surface area contributed by atoms with Crippen molar-refractivity contribution in [3.8, 4) is 11.4 Å². The summed E-state index contributed by atoms with van der Waals surface area (Å²) < 4.78 is 11.1. The molecule has 2 heterocycles. The maximum atomic E-state index is 11.7. The fourth-order valence-corrected chi connectivity index (χ4v) is 2.62. The zero-order valence-corrected chi connectivity index (χ0v) is 13.1. The topological polar surface area (TPSA) is 80.5 Å². The molecule has 1 aliphatic rings. The molecular formula is C16H20N4O3. The zero-order valence-electron chi connectivity index (χ0n) is 13.1. The van der Waals surface area contributed by atoms with Crippen LogP contribution in [0.2, 0.25) is 0 Å². The summed E-state index contributed by atoms with van der Waals surface area (Å²) in [4.78, 5) is 17.8. The molecule has 1 aliphatic heterocycles. The van der Waals surface area contributed by atoms with E-state index in [1.54, 1.807) is 11.9 Å². The molecule has 1 N–H and O–H groups in total. The van der Waals surface area contributed by atoms with Crippen LogP contribution < -0.4 is 5.32 Å². The highest BCUT2D eigenvalue weighted by atomic mass is 16.5. The van der Waals surface area contributed by atoms with Crippen LogP contribution in [0.3, 0.4) is 0 Å². The third-order valence-corrected chi connectivity index (χ3v) is 3.82. The average Bonchev–Trinajstić information content (AvgIpc) is 3.09. The van der Waals surface area contributed by atoms with Gasteiger partial charge in [0.1, 0.15) is 6.61 Å². The van der Waals surface area contributed by atoms with Crippen LogP contribution in [0.25, 0.3) is 11.4 Å². The lowest BCUT2D eigenvalue weighted by atomic mass is 10.1. The van der Waals surface area contributed by atoms with E-state index in [4.69, 9.17) is 9.26 Å². The smallest absolute Gasteiger partial charge is 0.317 e. The summed E-state index contributed by atoms with van der Waals surface area (Å²) in [6, 6.07) is 9.58. The van der Waals surface area contributed by atoms with Crippen LogP contribution in [0.5, 0.6) is 0 Å². The highest BCUT2D eigenvalue weighted by molar-refractivity contribution is 5.73. The molecule has 122 valence electrons. The average molecular weight is 316 g/mol. The normalized spacial score (nSPS) is 18.0. The Balaban J connectivity index is 1.54. The number of hydrogen-bond acceptors (Lipinski definition) is 5. The first kappa shape index (κ1) is 15.5. The number of amides is 2. The molecule has 1 unspecified atom stereocenters. The number of benzene rings is 1. The van der Waals surface area contributed by atoms with Crippen molar-refractivity contribution in [3.05, 3.63) is 36.2 Å². The molecule has 1 atom stereocenters. The molecule has 7 nitrogen and oxygen atoms in total. The Kier molecular flexibility index (Phi) is 4.87. The Labute approximate surface area is 134 Å². The van der Waals surface area contributed by atoms with E-state index < -0.39 is 0 Å². The minimum Gasteiger partial charge on any atom is -0.367 e. The second-order valence-electron chi connectivity index (χ2n) is 5.45. The van der Waals surface area contributed by atoms with Crippen molar-refractivity contribution in [3.63, 3.8) is 0 Å². The molecule has 0 bridgehead atoms. The number of ether oxygens (including phenoxy) is 1. The van der Waals surface area contributed by atoms with Gasteiger partial charge in [-0.1, -0.05) is 35.5 Å². The lowest BCUT2D eigenvalue weighted by Gasteiger charge is -2.31. The molecule has 0 aliphatic carbocycles. The van der Waals surface area contributed by atoms with Crippen molar-refractivity contribution in [2.75, 3.05) is 20.1 Å². The van der Waals surface area contributed by atoms with Crippen LogP contribution in [0, 0.1) is 0 Å². The van der Waals surface area contributed by atoms with Gasteiger partial charge in [0, 0.05) is 25.7 Å². The quantitative estimate of drug-likeness (QED) is 0.934. The number of likely N-dealkylation sites (tertiary alicyclic amines) is 1. The van der Waals surface area contributed by atoms with Crippen molar-refractivity contribution in [1.29, 1.82) is 0 Å². The SMILES string of the molecule is CNC(=O)N1CCCC(OCc2nc(-c3ccccc3)no2)C1. The highest BCUT2D eigenvalue weighted by Gasteiger charge is 2.24. The number of carbonyl (C=O) groups is 1. The molecule has 2 amide bonds. The van der Waals surface area contributed by atoms with Crippen LogP contribution in [0.15, 0.2) is 34.9 Å². The number of urea groups is 1. The van der Waals surface area contributed by atoms with E-state index in [2.05, 4.69) is 15.5 Å². The van der Waals surface area contributed by atoms with Crippen molar-refractivity contribution >= 4 is 6.03 Å². The molecule has 1 aromatic carbocycles. The van der Waals surface area contributed by atoms with Crippen LogP contribution in [0.1, 0.15) is 18.7 Å². The van der Waals surface area contributed by atoms with Gasteiger partial charge in [0.05, 0.1) is 6.10 Å². The van der Waals surface area contributed by atoms with Gasteiger partial charge < -0.3 is 19.5 Å². The third kappa shape index (κ3) is 3.87. The van der Waals surface area contributed by atoms with Crippen molar-refractivity contribution in [1.82, 2.24) is 20.4 Å². The van der Waals surface area contributed by atoms with Gasteiger partial charge in [-0.2, -0.15) is 4.98 Å². The molecule has 3 rings (SSSR count). The standard InChI is InChI=1S/C16H20N4O3/c1-17-16(21)20-9-5-8-13(10-20)22-11-14-18-15(19-23-14)12-6-3-2-4-7-12/h2-4,6-7,13H,5,8-11H2,1H3,(H,17,21). The number of piperidine rings is 1. The number of nitrogens with one attached hydrogen (secondary N) is 1. The third-order valence-electron chi connectivity index (χ3n) is 3.82. The van der Waals surface area contributed by atoms with E-state index in [1.807, 2.05) is 30.3 Å². The summed E-state index contributed by atoms with van der Waals surface area (Å²) in [7, 11) is 1.64. The van der Waals surface area contributed by atoms with E-state index in [-0.39, 0.29) is 18.7 Å². The number of nitrogens with zero attached hydrogens (tertiary/aromatic N) is 3. The Morgan fingerprint density at radius 3 is 3.04 bits per heavy atom. The largest absolute Gasteiger partial charge is 0.367 e. The van der Waals surface area contributed by atoms with E-state index in [9.17, 15) is 4.79 Å². The van der Waals surface area contributed by atoms with E-state index in [0.29, 0.717) is 18.3 Å². The monoisotopic (exact) mass is 316 g/mol. The molecular weight excluding hydrogens is 296 g/mol. The first-order chi connectivity index (χ1) is 11.3. The summed E-state index contributed by atoms with van der Waals surface area (Å²) in [6.07, 6.45) is 1.85. The van der Waals surface area contributed by atoms with Gasteiger partial charge in [-0.25, -0.2) is 4.79 Å². The maximum Gasteiger partial charge on any atom is 0.317 e. The molecule has 23 heavy (non-hydrogen) atoms. The number of hydrogen-bond donors (Lipinski definition) is 1. The van der Waals surface area contributed by atoms with Crippen LogP contribution >= 0.6 is 0 Å². The number of carbonyl (C=O) groups excluding carboxylic acids is 1. The van der Waals surface area contributed by atoms with Crippen molar-refractivity contribution in [2.45, 2.75) is 25.6 Å². The number of rotatable bonds is 4. The lowest BCUT2D eigenvalue weighted by molar-refractivity contribution is -0.0102. The summed E-state index contributed by atoms with van der Waals surface area (Å²) in [5.74, 6) is 1.00. The molecule has 7 heteroatoms. The minimum absolute atomic E-state index is 0.00637. The van der Waals surface area contributed by atoms with Crippen LogP contribution in [0.4, 0.5) is 4.79 Å².